The normalized spacial score (nSPS) is 16.3. The molecule has 1 aliphatic heterocycles. The Kier molecular flexibility index (Phi) is 5.24. The highest BCUT2D eigenvalue weighted by Crippen LogP contribution is 2.28. The molecule has 0 atom stereocenters. The van der Waals surface area contributed by atoms with E-state index >= 15 is 0 Å². The van der Waals surface area contributed by atoms with Gasteiger partial charge in [-0.3, -0.25) is 9.59 Å². The molecule has 1 fully saturated rings. The number of likely N-dealkylation sites (tertiary alicyclic amines) is 1. The van der Waals surface area contributed by atoms with Crippen molar-refractivity contribution in [2.45, 2.75) is 46.1 Å². The number of amides is 2. The first-order valence-electron chi connectivity index (χ1n) is 7.92. The lowest BCUT2D eigenvalue weighted by molar-refractivity contribution is -0.133. The minimum Gasteiger partial charge on any atom is -0.344 e. The molecule has 6 heteroatoms. The van der Waals surface area contributed by atoms with Crippen LogP contribution in [0.2, 0.25) is 0 Å². The van der Waals surface area contributed by atoms with Gasteiger partial charge >= 0.3 is 0 Å². The number of piperidine rings is 1. The van der Waals surface area contributed by atoms with E-state index in [1.54, 1.807) is 16.2 Å². The third-order valence-corrected chi connectivity index (χ3v) is 5.75. The Morgan fingerprint density at radius 3 is 2.43 bits per heavy atom. The Hall–Kier alpha value is -1.69. The van der Waals surface area contributed by atoms with Crippen molar-refractivity contribution in [1.82, 2.24) is 15.2 Å². The average molecular weight is 335 g/mol. The molecule has 5 nitrogen and oxygen atoms in total. The predicted molar refractivity (Wildman–Crippen MR) is 92.3 cm³/mol. The minimum absolute atomic E-state index is 0.0474. The molecule has 23 heavy (non-hydrogen) atoms. The highest BCUT2D eigenvalue weighted by Gasteiger charge is 2.32. The standard InChI is InChI=1S/C17H25N3O2S/c1-6-14(21)20-9-7-13(8-10-20)15(22)19-17(4,5)16-18-11(2)12(3)23-16/h6,13H,1,7-10H2,2-5H3,(H,19,22). The summed E-state index contributed by atoms with van der Waals surface area (Å²) in [5.41, 5.74) is 0.540. The average Bonchev–Trinajstić information content (AvgIpc) is 2.86. The molecule has 2 rings (SSSR count). The summed E-state index contributed by atoms with van der Waals surface area (Å²) in [5.74, 6) is -0.0607. The molecule has 0 radical (unpaired) electrons. The van der Waals surface area contributed by atoms with E-state index in [0.717, 1.165) is 10.7 Å². The van der Waals surface area contributed by atoms with Crippen LogP contribution in [-0.2, 0) is 15.1 Å². The summed E-state index contributed by atoms with van der Waals surface area (Å²) in [6.07, 6.45) is 2.71. The quantitative estimate of drug-likeness (QED) is 0.860. The van der Waals surface area contributed by atoms with Crippen molar-refractivity contribution in [2.75, 3.05) is 13.1 Å². The van der Waals surface area contributed by atoms with Crippen molar-refractivity contribution in [3.8, 4) is 0 Å². The van der Waals surface area contributed by atoms with Crippen molar-refractivity contribution >= 4 is 23.2 Å². The van der Waals surface area contributed by atoms with Gasteiger partial charge in [0.2, 0.25) is 11.8 Å². The zero-order chi connectivity index (χ0) is 17.2. The van der Waals surface area contributed by atoms with Gasteiger partial charge in [-0.2, -0.15) is 0 Å². The van der Waals surface area contributed by atoms with Gasteiger partial charge in [-0.15, -0.1) is 11.3 Å². The van der Waals surface area contributed by atoms with Crippen LogP contribution in [0.3, 0.4) is 0 Å². The Balaban J connectivity index is 1.96. The van der Waals surface area contributed by atoms with Crippen LogP contribution in [0.25, 0.3) is 0 Å². The number of carbonyl (C=O) groups excluding carboxylic acids is 2. The molecule has 0 spiro atoms. The van der Waals surface area contributed by atoms with Gasteiger partial charge in [-0.05, 0) is 46.6 Å². The molecule has 0 aromatic carbocycles. The van der Waals surface area contributed by atoms with Gasteiger partial charge in [0.25, 0.3) is 0 Å². The number of carbonyl (C=O) groups is 2. The fourth-order valence-electron chi connectivity index (χ4n) is 2.69. The largest absolute Gasteiger partial charge is 0.344 e. The van der Waals surface area contributed by atoms with Crippen LogP contribution >= 0.6 is 11.3 Å². The van der Waals surface area contributed by atoms with E-state index in [2.05, 4.69) is 16.9 Å². The molecule has 1 N–H and O–H groups in total. The summed E-state index contributed by atoms with van der Waals surface area (Å²) in [4.78, 5) is 31.6. The third-order valence-electron chi connectivity index (χ3n) is 4.35. The fraction of sp³-hybridized carbons (Fsp3) is 0.588. The van der Waals surface area contributed by atoms with Gasteiger partial charge < -0.3 is 10.2 Å². The number of aromatic nitrogens is 1. The molecule has 1 aromatic heterocycles. The van der Waals surface area contributed by atoms with Crippen LogP contribution in [0.15, 0.2) is 12.7 Å². The summed E-state index contributed by atoms with van der Waals surface area (Å²) in [5, 5.41) is 4.06. The Bertz CT molecular complexity index is 594. The van der Waals surface area contributed by atoms with Crippen LogP contribution in [0.4, 0.5) is 0 Å². The molecule has 126 valence electrons. The van der Waals surface area contributed by atoms with E-state index in [1.807, 2.05) is 27.7 Å². The van der Waals surface area contributed by atoms with Crippen LogP contribution in [-0.4, -0.2) is 34.8 Å². The number of hydrogen-bond acceptors (Lipinski definition) is 4. The van der Waals surface area contributed by atoms with E-state index in [9.17, 15) is 9.59 Å². The summed E-state index contributed by atoms with van der Waals surface area (Å²) in [6, 6.07) is 0. The molecule has 1 aromatic rings. The fourth-order valence-corrected chi connectivity index (χ4v) is 3.67. The first-order chi connectivity index (χ1) is 10.7. The van der Waals surface area contributed by atoms with Gasteiger partial charge in [-0.25, -0.2) is 4.98 Å². The molecule has 0 aliphatic carbocycles. The van der Waals surface area contributed by atoms with Crippen molar-refractivity contribution < 1.29 is 9.59 Å². The minimum atomic E-state index is -0.477. The highest BCUT2D eigenvalue weighted by molar-refractivity contribution is 7.11. The van der Waals surface area contributed by atoms with Gasteiger partial charge in [0.1, 0.15) is 5.01 Å². The second kappa shape index (κ2) is 6.83. The number of nitrogens with one attached hydrogen (secondary N) is 1. The molecule has 2 amide bonds. The van der Waals surface area contributed by atoms with E-state index in [1.165, 1.54) is 11.0 Å². The Labute approximate surface area is 141 Å². The second-order valence-electron chi connectivity index (χ2n) is 6.58. The van der Waals surface area contributed by atoms with Gasteiger partial charge in [0.15, 0.2) is 0 Å². The van der Waals surface area contributed by atoms with E-state index in [-0.39, 0.29) is 17.7 Å². The maximum absolute atomic E-state index is 12.6. The summed E-state index contributed by atoms with van der Waals surface area (Å²) in [6.45, 7) is 12.7. The van der Waals surface area contributed by atoms with Gasteiger partial charge in [0.05, 0.1) is 11.2 Å². The van der Waals surface area contributed by atoms with Crippen molar-refractivity contribution in [2.24, 2.45) is 5.92 Å². The Morgan fingerprint density at radius 1 is 1.35 bits per heavy atom. The number of aryl methyl sites for hydroxylation is 2. The second-order valence-corrected chi connectivity index (χ2v) is 7.78. The predicted octanol–water partition coefficient (Wildman–Crippen LogP) is 2.54. The van der Waals surface area contributed by atoms with Crippen LogP contribution in [0.5, 0.6) is 0 Å². The van der Waals surface area contributed by atoms with Gasteiger partial charge in [0, 0.05) is 23.9 Å². The van der Waals surface area contributed by atoms with E-state index in [0.29, 0.717) is 25.9 Å². The van der Waals surface area contributed by atoms with Crippen molar-refractivity contribution in [1.29, 1.82) is 0 Å². The summed E-state index contributed by atoms with van der Waals surface area (Å²) >= 11 is 1.63. The topological polar surface area (TPSA) is 62.3 Å². The SMILES string of the molecule is C=CC(=O)N1CCC(C(=O)NC(C)(C)c2nc(C)c(C)s2)CC1. The molecule has 2 heterocycles. The monoisotopic (exact) mass is 335 g/mol. The van der Waals surface area contributed by atoms with E-state index in [4.69, 9.17) is 0 Å². The number of rotatable bonds is 4. The first kappa shape index (κ1) is 17.7. The van der Waals surface area contributed by atoms with E-state index < -0.39 is 5.54 Å². The van der Waals surface area contributed by atoms with Crippen LogP contribution in [0, 0.1) is 19.8 Å². The molecule has 0 bridgehead atoms. The lowest BCUT2D eigenvalue weighted by atomic mass is 9.94. The van der Waals surface area contributed by atoms with Crippen molar-refractivity contribution in [3.05, 3.63) is 28.2 Å². The lowest BCUT2D eigenvalue weighted by Crippen LogP contribution is -2.47. The number of nitrogens with zero attached hydrogens (tertiary/aromatic N) is 2. The van der Waals surface area contributed by atoms with Gasteiger partial charge in [-0.1, -0.05) is 6.58 Å². The molecule has 1 saturated heterocycles. The summed E-state index contributed by atoms with van der Waals surface area (Å²) < 4.78 is 0. The van der Waals surface area contributed by atoms with Crippen LogP contribution in [0.1, 0.15) is 42.3 Å². The zero-order valence-electron chi connectivity index (χ0n) is 14.3. The van der Waals surface area contributed by atoms with Crippen LogP contribution < -0.4 is 5.32 Å². The first-order valence-corrected chi connectivity index (χ1v) is 8.74. The zero-order valence-corrected chi connectivity index (χ0v) is 15.1. The summed E-state index contributed by atoms with van der Waals surface area (Å²) in [7, 11) is 0. The molecule has 0 unspecified atom stereocenters. The molecule has 0 saturated carbocycles. The highest BCUT2D eigenvalue weighted by atomic mass is 32.1. The Morgan fingerprint density at radius 2 is 1.96 bits per heavy atom. The number of hydrogen-bond donors (Lipinski definition) is 1. The molecule has 1 aliphatic rings. The maximum Gasteiger partial charge on any atom is 0.245 e. The smallest absolute Gasteiger partial charge is 0.245 e. The lowest BCUT2D eigenvalue weighted by Gasteiger charge is -2.33. The molecular weight excluding hydrogens is 310 g/mol. The van der Waals surface area contributed by atoms with Crippen molar-refractivity contribution in [3.63, 3.8) is 0 Å². The molecular formula is C17H25N3O2S. The maximum atomic E-state index is 12.6. The number of thiazole rings is 1. The third kappa shape index (κ3) is 3.99.